The van der Waals surface area contributed by atoms with Crippen molar-refractivity contribution >= 4 is 22.8 Å². The summed E-state index contributed by atoms with van der Waals surface area (Å²) >= 11 is 0. The van der Waals surface area contributed by atoms with Crippen molar-refractivity contribution in [1.29, 1.82) is 0 Å². The first kappa shape index (κ1) is 21.2. The minimum absolute atomic E-state index is 0.0391. The summed E-state index contributed by atoms with van der Waals surface area (Å²) < 4.78 is 2.26. The molecular weight excluding hydrogens is 400 g/mol. The van der Waals surface area contributed by atoms with Crippen LogP contribution in [0, 0.1) is 18.3 Å². The lowest BCUT2D eigenvalue weighted by Gasteiger charge is -2.30. The molecule has 0 bridgehead atoms. The zero-order valence-electron chi connectivity index (χ0n) is 18.1. The Labute approximate surface area is 179 Å². The SMILES string of the molecule is Cc1c(N2CC(C(N)CNC(N)=O)C(C)(C)C2)cnc2c(=O)n(N)c(=O)n(C3CC3)c12. The van der Waals surface area contributed by atoms with Gasteiger partial charge in [0, 0.05) is 37.3 Å². The zero-order valence-corrected chi connectivity index (χ0v) is 18.1. The fraction of sp³-hybridized carbons (Fsp3) is 0.600. The van der Waals surface area contributed by atoms with Crippen molar-refractivity contribution in [2.75, 3.05) is 30.4 Å². The van der Waals surface area contributed by atoms with Gasteiger partial charge in [-0.1, -0.05) is 13.8 Å². The molecule has 2 aromatic rings. The number of aryl methyl sites for hydroxylation is 1. The number of rotatable bonds is 5. The maximum atomic E-state index is 12.7. The van der Waals surface area contributed by atoms with E-state index in [0.29, 0.717) is 23.3 Å². The van der Waals surface area contributed by atoms with Crippen molar-refractivity contribution in [1.82, 2.24) is 19.5 Å². The molecular formula is C20H30N8O3. The summed E-state index contributed by atoms with van der Waals surface area (Å²) in [5.41, 5.74) is 12.8. The predicted octanol–water partition coefficient (Wildman–Crippen LogP) is -0.627. The monoisotopic (exact) mass is 430 g/mol. The van der Waals surface area contributed by atoms with Crippen LogP contribution in [-0.2, 0) is 0 Å². The van der Waals surface area contributed by atoms with E-state index in [-0.39, 0.29) is 28.9 Å². The van der Waals surface area contributed by atoms with Gasteiger partial charge in [0.2, 0.25) is 0 Å². The van der Waals surface area contributed by atoms with Crippen LogP contribution in [0.15, 0.2) is 15.8 Å². The number of amides is 2. The van der Waals surface area contributed by atoms with Crippen LogP contribution in [0.4, 0.5) is 10.5 Å². The number of primary amides is 1. The Balaban J connectivity index is 1.76. The second-order valence-corrected chi connectivity index (χ2v) is 9.41. The Kier molecular flexibility index (Phi) is 4.95. The van der Waals surface area contributed by atoms with Crippen molar-refractivity contribution in [3.63, 3.8) is 0 Å². The van der Waals surface area contributed by atoms with Crippen LogP contribution in [0.1, 0.15) is 38.3 Å². The van der Waals surface area contributed by atoms with Crippen molar-refractivity contribution in [2.24, 2.45) is 22.8 Å². The number of nitrogens with one attached hydrogen (secondary N) is 1. The van der Waals surface area contributed by atoms with Gasteiger partial charge in [-0.05, 0) is 31.1 Å². The normalized spacial score (nSPS) is 21.4. The van der Waals surface area contributed by atoms with Gasteiger partial charge >= 0.3 is 17.3 Å². The lowest BCUT2D eigenvalue weighted by Crippen LogP contribution is -2.47. The molecule has 0 spiro atoms. The molecule has 11 heteroatoms. The fourth-order valence-electron chi connectivity index (χ4n) is 4.85. The molecule has 2 aromatic heterocycles. The number of hydrogen-bond acceptors (Lipinski definition) is 7. The lowest BCUT2D eigenvalue weighted by molar-refractivity contribution is 0.231. The Bertz CT molecular complexity index is 1160. The van der Waals surface area contributed by atoms with E-state index < -0.39 is 17.3 Å². The first-order chi connectivity index (χ1) is 14.5. The predicted molar refractivity (Wildman–Crippen MR) is 118 cm³/mol. The van der Waals surface area contributed by atoms with E-state index >= 15 is 0 Å². The molecule has 168 valence electrons. The van der Waals surface area contributed by atoms with Gasteiger partial charge < -0.3 is 27.5 Å². The van der Waals surface area contributed by atoms with Gasteiger partial charge in [-0.3, -0.25) is 9.36 Å². The van der Waals surface area contributed by atoms with E-state index in [1.54, 1.807) is 10.8 Å². The Hall–Kier alpha value is -3.08. The maximum absolute atomic E-state index is 12.7. The van der Waals surface area contributed by atoms with E-state index in [1.807, 2.05) is 6.92 Å². The van der Waals surface area contributed by atoms with Crippen LogP contribution >= 0.6 is 0 Å². The van der Waals surface area contributed by atoms with Crippen LogP contribution in [0.3, 0.4) is 0 Å². The molecule has 7 N–H and O–H groups in total. The number of nitrogen functional groups attached to an aromatic ring is 1. The maximum Gasteiger partial charge on any atom is 0.350 e. The molecule has 1 aliphatic heterocycles. The average molecular weight is 431 g/mol. The van der Waals surface area contributed by atoms with Gasteiger partial charge in [0.05, 0.1) is 17.4 Å². The highest BCUT2D eigenvalue weighted by Gasteiger charge is 2.43. The minimum Gasteiger partial charge on any atom is -0.369 e. The van der Waals surface area contributed by atoms with Crippen molar-refractivity contribution in [3.8, 4) is 0 Å². The zero-order chi connectivity index (χ0) is 22.7. The standard InChI is InChI=1S/C20H30N8O3/c1-10-14(26-8-12(20(2,3)9-26)13(21)6-25-18(22)30)7-24-15-16(10)27(11-4-5-11)19(31)28(23)17(15)29/h7,11-13H,4-6,8-9,21,23H2,1-3H3,(H3,22,25,30). The summed E-state index contributed by atoms with van der Waals surface area (Å²) in [5.74, 6) is 5.82. The molecule has 3 heterocycles. The van der Waals surface area contributed by atoms with Gasteiger partial charge in [0.1, 0.15) is 0 Å². The fourth-order valence-corrected chi connectivity index (χ4v) is 4.85. The largest absolute Gasteiger partial charge is 0.369 e. The Morgan fingerprint density at radius 3 is 2.65 bits per heavy atom. The molecule has 31 heavy (non-hydrogen) atoms. The van der Waals surface area contributed by atoms with Crippen molar-refractivity contribution < 1.29 is 4.79 Å². The number of fused-ring (bicyclic) bond motifs is 1. The molecule has 2 atom stereocenters. The number of carbonyl (C=O) groups excluding carboxylic acids is 1. The van der Waals surface area contributed by atoms with Crippen LogP contribution < -0.4 is 38.8 Å². The molecule has 0 radical (unpaired) electrons. The number of aromatic nitrogens is 3. The van der Waals surface area contributed by atoms with Gasteiger partial charge in [-0.15, -0.1) is 0 Å². The third-order valence-corrected chi connectivity index (χ3v) is 6.65. The van der Waals surface area contributed by atoms with Crippen molar-refractivity contribution in [2.45, 2.75) is 45.7 Å². The quantitative estimate of drug-likeness (QED) is 0.458. The smallest absolute Gasteiger partial charge is 0.350 e. The Morgan fingerprint density at radius 2 is 2.03 bits per heavy atom. The second-order valence-electron chi connectivity index (χ2n) is 9.41. The molecule has 2 fully saturated rings. The molecule has 0 aromatic carbocycles. The van der Waals surface area contributed by atoms with Gasteiger partial charge in [0.25, 0.3) is 0 Å². The molecule has 2 amide bonds. The first-order valence-electron chi connectivity index (χ1n) is 10.5. The van der Waals surface area contributed by atoms with E-state index in [4.69, 9.17) is 17.3 Å². The number of nitrogens with two attached hydrogens (primary N) is 3. The van der Waals surface area contributed by atoms with Gasteiger partial charge in [-0.25, -0.2) is 14.6 Å². The van der Waals surface area contributed by atoms with E-state index in [1.165, 1.54) is 0 Å². The number of carbonyl (C=O) groups is 1. The summed E-state index contributed by atoms with van der Waals surface area (Å²) in [6.45, 7) is 7.86. The van der Waals surface area contributed by atoms with Crippen LogP contribution in [-0.4, -0.2) is 45.9 Å². The van der Waals surface area contributed by atoms with Crippen molar-refractivity contribution in [3.05, 3.63) is 32.6 Å². The molecule has 11 nitrogen and oxygen atoms in total. The summed E-state index contributed by atoms with van der Waals surface area (Å²) in [4.78, 5) is 43.0. The van der Waals surface area contributed by atoms with E-state index in [0.717, 1.165) is 30.6 Å². The Morgan fingerprint density at radius 1 is 1.35 bits per heavy atom. The summed E-state index contributed by atoms with van der Waals surface area (Å²) in [6.07, 6.45) is 3.42. The minimum atomic E-state index is -0.596. The number of pyridine rings is 1. The lowest BCUT2D eigenvalue weighted by atomic mass is 9.78. The summed E-state index contributed by atoms with van der Waals surface area (Å²) in [6, 6.07) is -0.825. The average Bonchev–Trinajstić information content (AvgIpc) is 3.48. The number of anilines is 1. The first-order valence-corrected chi connectivity index (χ1v) is 10.5. The highest BCUT2D eigenvalue weighted by atomic mass is 16.2. The highest BCUT2D eigenvalue weighted by molar-refractivity contribution is 5.83. The van der Waals surface area contributed by atoms with Gasteiger partial charge in [-0.2, -0.15) is 4.68 Å². The van der Waals surface area contributed by atoms with Crippen LogP contribution in [0.5, 0.6) is 0 Å². The molecule has 4 rings (SSSR count). The van der Waals surface area contributed by atoms with Crippen LogP contribution in [0.2, 0.25) is 0 Å². The number of urea groups is 1. The van der Waals surface area contributed by atoms with Gasteiger partial charge in [0.15, 0.2) is 5.52 Å². The third-order valence-electron chi connectivity index (χ3n) is 6.65. The molecule has 1 aliphatic carbocycles. The summed E-state index contributed by atoms with van der Waals surface area (Å²) in [5, 5.41) is 2.59. The molecule has 2 unspecified atom stereocenters. The number of nitrogens with zero attached hydrogens (tertiary/aromatic N) is 4. The molecule has 2 aliphatic rings. The highest BCUT2D eigenvalue weighted by Crippen LogP contribution is 2.41. The topological polar surface area (TPSA) is 167 Å². The molecule has 1 saturated heterocycles. The van der Waals surface area contributed by atoms with Crippen LogP contribution in [0.25, 0.3) is 11.0 Å². The second kappa shape index (κ2) is 7.26. The van der Waals surface area contributed by atoms with E-state index in [9.17, 15) is 14.4 Å². The third kappa shape index (κ3) is 3.52. The summed E-state index contributed by atoms with van der Waals surface area (Å²) in [7, 11) is 0. The molecule has 1 saturated carbocycles. The van der Waals surface area contributed by atoms with E-state index in [2.05, 4.69) is 29.0 Å². The number of hydrogen-bond donors (Lipinski definition) is 4.